The lowest BCUT2D eigenvalue weighted by Gasteiger charge is -2.26. The van der Waals surface area contributed by atoms with Gasteiger partial charge in [0.05, 0.1) is 6.04 Å². The summed E-state index contributed by atoms with van der Waals surface area (Å²) in [6.45, 7) is 1.38. The number of urea groups is 1. The van der Waals surface area contributed by atoms with Crippen LogP contribution in [0.1, 0.15) is 36.4 Å². The van der Waals surface area contributed by atoms with Gasteiger partial charge in [0.15, 0.2) is 0 Å². The van der Waals surface area contributed by atoms with Crippen LogP contribution in [0.2, 0.25) is 0 Å². The molecule has 3 rings (SSSR count). The highest BCUT2D eigenvalue weighted by atomic mass is 16.2. The first-order chi connectivity index (χ1) is 10.8. The maximum absolute atomic E-state index is 12.0. The summed E-state index contributed by atoms with van der Waals surface area (Å²) >= 11 is 0. The Labute approximate surface area is 129 Å². The summed E-state index contributed by atoms with van der Waals surface area (Å²) in [7, 11) is 0. The highest BCUT2D eigenvalue weighted by Gasteiger charge is 2.20. The van der Waals surface area contributed by atoms with E-state index in [0.717, 1.165) is 32.2 Å². The zero-order chi connectivity index (χ0) is 15.2. The van der Waals surface area contributed by atoms with Crippen LogP contribution >= 0.6 is 0 Å². The molecule has 2 aromatic rings. The Hall–Kier alpha value is -2.37. The molecule has 1 aromatic heterocycles. The van der Waals surface area contributed by atoms with Crippen LogP contribution in [-0.2, 0) is 13.0 Å². The number of nitrogens with one attached hydrogen (secondary N) is 2. The molecule has 2 amide bonds. The molecule has 0 saturated carbocycles. The Morgan fingerprint density at radius 1 is 1.36 bits per heavy atom. The van der Waals surface area contributed by atoms with Crippen LogP contribution in [0, 0.1) is 0 Å². The van der Waals surface area contributed by atoms with Crippen LogP contribution in [0.25, 0.3) is 0 Å². The maximum Gasteiger partial charge on any atom is 0.315 e. The second-order valence-electron chi connectivity index (χ2n) is 5.56. The third-order valence-electron chi connectivity index (χ3n) is 3.99. The zero-order valence-corrected chi connectivity index (χ0v) is 12.5. The molecule has 6 nitrogen and oxygen atoms in total. The van der Waals surface area contributed by atoms with Crippen LogP contribution in [0.15, 0.2) is 36.9 Å². The lowest BCUT2D eigenvalue weighted by atomic mass is 9.88. The van der Waals surface area contributed by atoms with Crippen LogP contribution in [0.5, 0.6) is 0 Å². The van der Waals surface area contributed by atoms with Crippen molar-refractivity contribution in [2.24, 2.45) is 0 Å². The average molecular weight is 299 g/mol. The summed E-state index contributed by atoms with van der Waals surface area (Å²) in [6, 6.07) is 8.39. The lowest BCUT2D eigenvalue weighted by molar-refractivity contribution is 0.235. The van der Waals surface area contributed by atoms with E-state index in [1.807, 2.05) is 6.07 Å². The number of nitrogens with zero attached hydrogens (tertiary/aromatic N) is 3. The van der Waals surface area contributed by atoms with E-state index in [0.29, 0.717) is 6.54 Å². The van der Waals surface area contributed by atoms with Gasteiger partial charge in [-0.1, -0.05) is 24.3 Å². The van der Waals surface area contributed by atoms with Crippen LogP contribution < -0.4 is 10.6 Å². The van der Waals surface area contributed by atoms with Gasteiger partial charge in [-0.15, -0.1) is 0 Å². The second-order valence-corrected chi connectivity index (χ2v) is 5.56. The van der Waals surface area contributed by atoms with Crippen molar-refractivity contribution in [1.29, 1.82) is 0 Å². The van der Waals surface area contributed by atoms with Crippen molar-refractivity contribution in [2.45, 2.75) is 38.3 Å². The first kappa shape index (κ1) is 14.6. The molecule has 0 radical (unpaired) electrons. The largest absolute Gasteiger partial charge is 0.338 e. The standard InChI is InChI=1S/C16H21N5O/c22-16(18-9-4-10-21-12-17-11-19-21)20-15-8-3-6-13-5-1-2-7-14(13)15/h1-2,5,7,11-12,15H,3-4,6,8-10H2,(H2,18,20,22)/t15-/m1/s1. The smallest absolute Gasteiger partial charge is 0.315 e. The molecule has 0 bridgehead atoms. The number of hydrogen-bond acceptors (Lipinski definition) is 3. The molecule has 0 unspecified atom stereocenters. The predicted octanol–water partition coefficient (Wildman–Crippen LogP) is 2.04. The molecule has 2 N–H and O–H groups in total. The van der Waals surface area contributed by atoms with Gasteiger partial charge in [0.1, 0.15) is 12.7 Å². The molecule has 0 aliphatic heterocycles. The van der Waals surface area contributed by atoms with Crippen molar-refractivity contribution in [3.8, 4) is 0 Å². The van der Waals surface area contributed by atoms with Crippen LogP contribution in [0.3, 0.4) is 0 Å². The fraction of sp³-hybridized carbons (Fsp3) is 0.438. The van der Waals surface area contributed by atoms with Crippen LogP contribution in [0.4, 0.5) is 4.79 Å². The predicted molar refractivity (Wildman–Crippen MR) is 83.3 cm³/mol. The van der Waals surface area contributed by atoms with Gasteiger partial charge < -0.3 is 10.6 Å². The summed E-state index contributed by atoms with van der Waals surface area (Å²) in [4.78, 5) is 15.9. The monoisotopic (exact) mass is 299 g/mol. The number of carbonyl (C=O) groups excluding carboxylic acids is 1. The summed E-state index contributed by atoms with van der Waals surface area (Å²) in [6.07, 6.45) is 7.25. The normalized spacial score (nSPS) is 16.8. The molecule has 0 fully saturated rings. The molecule has 1 heterocycles. The average Bonchev–Trinajstić information content (AvgIpc) is 3.05. The van der Waals surface area contributed by atoms with Gasteiger partial charge in [0.25, 0.3) is 0 Å². The maximum atomic E-state index is 12.0. The zero-order valence-electron chi connectivity index (χ0n) is 12.5. The van der Waals surface area contributed by atoms with E-state index < -0.39 is 0 Å². The minimum Gasteiger partial charge on any atom is -0.338 e. The number of rotatable bonds is 5. The summed E-state index contributed by atoms with van der Waals surface area (Å²) in [5.74, 6) is 0. The molecule has 1 aliphatic rings. The van der Waals surface area contributed by atoms with E-state index in [9.17, 15) is 4.79 Å². The van der Waals surface area contributed by atoms with Crippen molar-refractivity contribution >= 4 is 6.03 Å². The van der Waals surface area contributed by atoms with Gasteiger partial charge in [-0.3, -0.25) is 4.68 Å². The number of hydrogen-bond donors (Lipinski definition) is 2. The number of aromatic nitrogens is 3. The molecule has 116 valence electrons. The van der Waals surface area contributed by atoms with Gasteiger partial charge >= 0.3 is 6.03 Å². The Morgan fingerprint density at radius 3 is 3.14 bits per heavy atom. The number of fused-ring (bicyclic) bond motifs is 1. The second kappa shape index (κ2) is 7.06. The molecular formula is C16H21N5O. The molecule has 1 atom stereocenters. The van der Waals surface area contributed by atoms with Gasteiger partial charge in [0, 0.05) is 13.1 Å². The molecule has 0 spiro atoms. The van der Waals surface area contributed by atoms with Crippen molar-refractivity contribution < 1.29 is 4.79 Å². The van der Waals surface area contributed by atoms with E-state index in [1.165, 1.54) is 17.5 Å². The summed E-state index contributed by atoms with van der Waals surface area (Å²) in [5, 5.41) is 10.0. The third kappa shape index (κ3) is 3.63. The highest BCUT2D eigenvalue weighted by molar-refractivity contribution is 5.74. The van der Waals surface area contributed by atoms with E-state index in [-0.39, 0.29) is 12.1 Å². The number of amides is 2. The van der Waals surface area contributed by atoms with E-state index in [2.05, 4.69) is 38.9 Å². The van der Waals surface area contributed by atoms with E-state index in [1.54, 1.807) is 11.0 Å². The fourth-order valence-electron chi connectivity index (χ4n) is 2.90. The first-order valence-corrected chi connectivity index (χ1v) is 7.77. The van der Waals surface area contributed by atoms with Gasteiger partial charge in [-0.2, -0.15) is 5.10 Å². The van der Waals surface area contributed by atoms with Crippen molar-refractivity contribution in [1.82, 2.24) is 25.4 Å². The minimum atomic E-state index is -0.0970. The van der Waals surface area contributed by atoms with Crippen molar-refractivity contribution in [3.63, 3.8) is 0 Å². The van der Waals surface area contributed by atoms with Crippen molar-refractivity contribution in [3.05, 3.63) is 48.0 Å². The number of benzene rings is 1. The number of carbonyl (C=O) groups is 1. The lowest BCUT2D eigenvalue weighted by Crippen LogP contribution is -2.39. The molecule has 1 aromatic carbocycles. The molecule has 0 saturated heterocycles. The van der Waals surface area contributed by atoms with Crippen LogP contribution in [-0.4, -0.2) is 27.3 Å². The Balaban J connectivity index is 1.44. The van der Waals surface area contributed by atoms with Crippen molar-refractivity contribution in [2.75, 3.05) is 6.54 Å². The number of aryl methyl sites for hydroxylation is 2. The SMILES string of the molecule is O=C(NCCCn1cncn1)N[C@@H]1CCCc2ccccc21. The fourth-order valence-corrected chi connectivity index (χ4v) is 2.90. The van der Waals surface area contributed by atoms with Gasteiger partial charge in [0.2, 0.25) is 0 Å². The Bertz CT molecular complexity index is 611. The molecule has 1 aliphatic carbocycles. The molecule has 6 heteroatoms. The van der Waals surface area contributed by atoms with Gasteiger partial charge in [-0.05, 0) is 36.8 Å². The summed E-state index contributed by atoms with van der Waals surface area (Å²) < 4.78 is 1.76. The van der Waals surface area contributed by atoms with E-state index in [4.69, 9.17) is 0 Å². The highest BCUT2D eigenvalue weighted by Crippen LogP contribution is 2.29. The van der Waals surface area contributed by atoms with E-state index >= 15 is 0 Å². The minimum absolute atomic E-state index is 0.0970. The topological polar surface area (TPSA) is 71.8 Å². The molecule has 22 heavy (non-hydrogen) atoms. The Morgan fingerprint density at radius 2 is 2.27 bits per heavy atom. The van der Waals surface area contributed by atoms with Gasteiger partial charge in [-0.25, -0.2) is 9.78 Å². The quantitative estimate of drug-likeness (QED) is 0.830. The summed E-state index contributed by atoms with van der Waals surface area (Å²) in [5.41, 5.74) is 2.61. The first-order valence-electron chi connectivity index (χ1n) is 7.77. The molecular weight excluding hydrogens is 278 g/mol. The third-order valence-corrected chi connectivity index (χ3v) is 3.99. The Kier molecular flexibility index (Phi) is 4.68.